The number of nitrogens with one attached hydrogen (secondary N) is 1. The minimum absolute atomic E-state index is 0.0396. The maximum atomic E-state index is 12.1. The van der Waals surface area contributed by atoms with Gasteiger partial charge >= 0.3 is 0 Å². The molecule has 1 N–H and O–H groups in total. The van der Waals surface area contributed by atoms with Gasteiger partial charge in [-0.3, -0.25) is 4.79 Å². The fourth-order valence-electron chi connectivity index (χ4n) is 2.29. The summed E-state index contributed by atoms with van der Waals surface area (Å²) in [6.45, 7) is 2.26. The lowest BCUT2D eigenvalue weighted by atomic mass is 10.1. The van der Waals surface area contributed by atoms with E-state index in [0.717, 1.165) is 5.56 Å². The molecule has 0 aliphatic carbocycles. The molecule has 0 radical (unpaired) electrons. The van der Waals surface area contributed by atoms with Crippen LogP contribution in [0.2, 0.25) is 10.0 Å². The molecule has 2 rings (SSSR count). The highest BCUT2D eigenvalue weighted by atomic mass is 35.5. The lowest BCUT2D eigenvalue weighted by molar-refractivity contribution is -0.121. The molecule has 0 unspecified atom stereocenters. The summed E-state index contributed by atoms with van der Waals surface area (Å²) in [7, 11) is 1.59. The quantitative estimate of drug-likeness (QED) is 0.730. The zero-order valence-electron chi connectivity index (χ0n) is 14.2. The Morgan fingerprint density at radius 1 is 1.12 bits per heavy atom. The van der Waals surface area contributed by atoms with E-state index in [0.29, 0.717) is 41.0 Å². The molecule has 1 atom stereocenters. The van der Waals surface area contributed by atoms with Crippen LogP contribution >= 0.6 is 23.2 Å². The Morgan fingerprint density at radius 3 is 2.52 bits per heavy atom. The van der Waals surface area contributed by atoms with Crippen molar-refractivity contribution >= 4 is 29.1 Å². The number of carbonyl (C=O) groups is 1. The van der Waals surface area contributed by atoms with Gasteiger partial charge in [0.2, 0.25) is 5.91 Å². The molecule has 1 amide bonds. The summed E-state index contributed by atoms with van der Waals surface area (Å²) < 4.78 is 10.9. The van der Waals surface area contributed by atoms with Crippen molar-refractivity contribution in [3.63, 3.8) is 0 Å². The summed E-state index contributed by atoms with van der Waals surface area (Å²) in [6, 6.07) is 12.7. The Hall–Kier alpha value is -1.91. The van der Waals surface area contributed by atoms with Crippen LogP contribution in [0.4, 0.5) is 0 Å². The first kappa shape index (κ1) is 19.4. The number of benzene rings is 2. The van der Waals surface area contributed by atoms with Crippen molar-refractivity contribution in [1.82, 2.24) is 5.32 Å². The van der Waals surface area contributed by atoms with Crippen molar-refractivity contribution in [1.29, 1.82) is 0 Å². The Balaban J connectivity index is 1.77. The first-order valence-electron chi connectivity index (χ1n) is 7.98. The third-order valence-electron chi connectivity index (χ3n) is 3.59. The van der Waals surface area contributed by atoms with Gasteiger partial charge in [-0.15, -0.1) is 0 Å². The maximum absolute atomic E-state index is 12.1. The van der Waals surface area contributed by atoms with Crippen LogP contribution in [0.25, 0.3) is 0 Å². The van der Waals surface area contributed by atoms with Gasteiger partial charge < -0.3 is 14.8 Å². The zero-order chi connectivity index (χ0) is 18.2. The molecule has 4 nitrogen and oxygen atoms in total. The molecule has 0 saturated carbocycles. The molecule has 0 fully saturated rings. The largest absolute Gasteiger partial charge is 0.493 e. The van der Waals surface area contributed by atoms with E-state index < -0.39 is 0 Å². The van der Waals surface area contributed by atoms with E-state index >= 15 is 0 Å². The summed E-state index contributed by atoms with van der Waals surface area (Å²) in [5.74, 6) is 1.28. The van der Waals surface area contributed by atoms with E-state index in [2.05, 4.69) is 5.32 Å². The van der Waals surface area contributed by atoms with Crippen LogP contribution < -0.4 is 14.8 Å². The van der Waals surface area contributed by atoms with E-state index in [1.165, 1.54) is 0 Å². The van der Waals surface area contributed by atoms with Crippen molar-refractivity contribution in [3.05, 3.63) is 58.1 Å². The number of para-hydroxylation sites is 2. The molecule has 0 saturated heterocycles. The molecule has 0 aliphatic heterocycles. The Morgan fingerprint density at radius 2 is 1.84 bits per heavy atom. The minimum atomic E-state index is -0.119. The second-order valence-corrected chi connectivity index (χ2v) is 6.49. The van der Waals surface area contributed by atoms with Crippen LogP contribution in [0.5, 0.6) is 11.5 Å². The smallest absolute Gasteiger partial charge is 0.220 e. The van der Waals surface area contributed by atoms with Crippen LogP contribution in [0, 0.1) is 0 Å². The Labute approximate surface area is 158 Å². The summed E-state index contributed by atoms with van der Waals surface area (Å²) >= 11 is 11.9. The highest BCUT2D eigenvalue weighted by Gasteiger charge is 2.10. The molecule has 2 aromatic carbocycles. The number of amides is 1. The van der Waals surface area contributed by atoms with Gasteiger partial charge in [-0.2, -0.15) is 0 Å². The van der Waals surface area contributed by atoms with E-state index in [-0.39, 0.29) is 11.9 Å². The number of rotatable bonds is 8. The maximum Gasteiger partial charge on any atom is 0.220 e. The van der Waals surface area contributed by atoms with Gasteiger partial charge in [0.15, 0.2) is 11.5 Å². The van der Waals surface area contributed by atoms with Crippen molar-refractivity contribution in [2.24, 2.45) is 0 Å². The fourth-order valence-corrected chi connectivity index (χ4v) is 2.62. The Bertz CT molecular complexity index is 722. The molecule has 2 aromatic rings. The number of halogens is 2. The first-order chi connectivity index (χ1) is 12.0. The molecule has 0 aliphatic rings. The summed E-state index contributed by atoms with van der Waals surface area (Å²) in [4.78, 5) is 12.1. The second-order valence-electron chi connectivity index (χ2n) is 5.68. The fraction of sp³-hybridized carbons (Fsp3) is 0.316. The summed E-state index contributed by atoms with van der Waals surface area (Å²) in [5.41, 5.74) is 0.975. The molecule has 0 spiro atoms. The number of hydrogen-bond donors (Lipinski definition) is 1. The SMILES string of the molecule is COc1ccccc1OC[C@H](C)NC(=O)CCc1ccc(Cl)c(Cl)c1. The molecular formula is C19H21Cl2NO3. The monoisotopic (exact) mass is 381 g/mol. The van der Waals surface area contributed by atoms with Crippen LogP contribution in [0.1, 0.15) is 18.9 Å². The van der Waals surface area contributed by atoms with Crippen molar-refractivity contribution in [3.8, 4) is 11.5 Å². The van der Waals surface area contributed by atoms with Gasteiger partial charge in [0.1, 0.15) is 6.61 Å². The average Bonchev–Trinajstić information content (AvgIpc) is 2.61. The van der Waals surface area contributed by atoms with Crippen LogP contribution in [0.15, 0.2) is 42.5 Å². The number of ether oxygens (including phenoxy) is 2. The lowest BCUT2D eigenvalue weighted by Crippen LogP contribution is -2.36. The van der Waals surface area contributed by atoms with Crippen molar-refractivity contribution < 1.29 is 14.3 Å². The normalized spacial score (nSPS) is 11.7. The van der Waals surface area contributed by atoms with Gasteiger partial charge in [0.05, 0.1) is 23.2 Å². The molecule has 0 bridgehead atoms. The average molecular weight is 382 g/mol. The number of methoxy groups -OCH3 is 1. The van der Waals surface area contributed by atoms with Gasteiger partial charge in [0, 0.05) is 6.42 Å². The Kier molecular flexibility index (Phi) is 7.41. The number of aryl methyl sites for hydroxylation is 1. The number of carbonyl (C=O) groups excluding carboxylic acids is 1. The third kappa shape index (κ3) is 6.15. The zero-order valence-corrected chi connectivity index (χ0v) is 15.7. The molecule has 25 heavy (non-hydrogen) atoms. The van der Waals surface area contributed by atoms with Crippen LogP contribution in [-0.2, 0) is 11.2 Å². The minimum Gasteiger partial charge on any atom is -0.493 e. The van der Waals surface area contributed by atoms with Gasteiger partial charge in [-0.25, -0.2) is 0 Å². The number of hydrogen-bond acceptors (Lipinski definition) is 3. The molecular weight excluding hydrogens is 361 g/mol. The van der Waals surface area contributed by atoms with E-state index in [1.54, 1.807) is 19.2 Å². The standard InChI is InChI=1S/C19H21Cl2NO3/c1-13(12-25-18-6-4-3-5-17(18)24-2)22-19(23)10-8-14-7-9-15(20)16(21)11-14/h3-7,9,11,13H,8,10,12H2,1-2H3,(H,22,23)/t13-/m0/s1. The van der Waals surface area contributed by atoms with Crippen LogP contribution in [0.3, 0.4) is 0 Å². The topological polar surface area (TPSA) is 47.6 Å². The van der Waals surface area contributed by atoms with E-state index in [1.807, 2.05) is 37.3 Å². The molecule has 0 heterocycles. The highest BCUT2D eigenvalue weighted by Crippen LogP contribution is 2.26. The third-order valence-corrected chi connectivity index (χ3v) is 4.33. The van der Waals surface area contributed by atoms with Crippen molar-refractivity contribution in [2.75, 3.05) is 13.7 Å². The predicted molar refractivity (Wildman–Crippen MR) is 101 cm³/mol. The lowest BCUT2D eigenvalue weighted by Gasteiger charge is -2.16. The highest BCUT2D eigenvalue weighted by molar-refractivity contribution is 6.42. The first-order valence-corrected chi connectivity index (χ1v) is 8.74. The van der Waals surface area contributed by atoms with Gasteiger partial charge in [-0.05, 0) is 43.2 Å². The van der Waals surface area contributed by atoms with Gasteiger partial charge in [0.25, 0.3) is 0 Å². The summed E-state index contributed by atoms with van der Waals surface area (Å²) in [5, 5.41) is 3.93. The second kappa shape index (κ2) is 9.54. The van der Waals surface area contributed by atoms with E-state index in [4.69, 9.17) is 32.7 Å². The van der Waals surface area contributed by atoms with Crippen molar-refractivity contribution in [2.45, 2.75) is 25.8 Å². The van der Waals surface area contributed by atoms with Gasteiger partial charge in [-0.1, -0.05) is 41.4 Å². The molecule has 0 aromatic heterocycles. The molecule has 134 valence electrons. The molecule has 6 heteroatoms. The van der Waals surface area contributed by atoms with Crippen LogP contribution in [-0.4, -0.2) is 25.7 Å². The summed E-state index contributed by atoms with van der Waals surface area (Å²) in [6.07, 6.45) is 0.972. The van der Waals surface area contributed by atoms with E-state index in [9.17, 15) is 4.79 Å². The predicted octanol–water partition coefficient (Wildman–Crippen LogP) is 4.52.